The van der Waals surface area contributed by atoms with Gasteiger partial charge in [0.25, 0.3) is 0 Å². The molecule has 10 heteroatoms. The first-order valence-electron chi connectivity index (χ1n) is 7.49. The zero-order chi connectivity index (χ0) is 16.7. The summed E-state index contributed by atoms with van der Waals surface area (Å²) < 4.78 is 26.2. The van der Waals surface area contributed by atoms with Crippen LogP contribution in [0.5, 0.6) is 0 Å². The average molecular weight is 419 g/mol. The Balaban J connectivity index is 0.00000182. The van der Waals surface area contributed by atoms with E-state index < -0.39 is 9.84 Å². The van der Waals surface area contributed by atoms with Crippen molar-refractivity contribution in [3.8, 4) is 0 Å². The van der Waals surface area contributed by atoms with Gasteiger partial charge in [-0.2, -0.15) is 0 Å². The summed E-state index contributed by atoms with van der Waals surface area (Å²) in [5.74, 6) is 0.816. The number of hydrogen-bond donors (Lipinski definition) is 2. The highest BCUT2D eigenvalue weighted by Gasteiger charge is 2.24. The molecular weight excluding hydrogens is 403 g/mol. The topological polar surface area (TPSA) is 78.1 Å². The van der Waals surface area contributed by atoms with Gasteiger partial charge >= 0.3 is 0 Å². The van der Waals surface area contributed by atoms with Crippen molar-refractivity contribution in [3.05, 3.63) is 34.8 Å². The lowest BCUT2D eigenvalue weighted by Crippen LogP contribution is -2.43. The molecule has 0 spiro atoms. The van der Waals surface area contributed by atoms with Crippen LogP contribution in [0.25, 0.3) is 10.9 Å². The number of halogens is 2. The van der Waals surface area contributed by atoms with Crippen molar-refractivity contribution in [2.45, 2.75) is 9.24 Å². The number of H-pyrrole nitrogens is 1. The lowest BCUT2D eigenvalue weighted by Gasteiger charge is -2.28. The van der Waals surface area contributed by atoms with Gasteiger partial charge in [-0.15, -0.1) is 23.7 Å². The summed E-state index contributed by atoms with van der Waals surface area (Å²) >= 11 is 6.94. The second-order valence-corrected chi connectivity index (χ2v) is 9.39. The Kier molecular flexibility index (Phi) is 5.26. The molecule has 0 amide bonds. The van der Waals surface area contributed by atoms with E-state index in [-0.39, 0.29) is 21.6 Å². The molecule has 0 aromatic carbocycles. The molecule has 4 heterocycles. The van der Waals surface area contributed by atoms with Crippen molar-refractivity contribution in [1.29, 1.82) is 0 Å². The Morgan fingerprint density at radius 1 is 1.20 bits per heavy atom. The van der Waals surface area contributed by atoms with Crippen LogP contribution in [0.15, 0.2) is 39.7 Å². The number of pyridine rings is 1. The minimum absolute atomic E-state index is 0. The molecule has 3 aromatic heterocycles. The van der Waals surface area contributed by atoms with E-state index in [9.17, 15) is 8.42 Å². The van der Waals surface area contributed by atoms with E-state index in [0.717, 1.165) is 54.2 Å². The van der Waals surface area contributed by atoms with E-state index >= 15 is 0 Å². The highest BCUT2D eigenvalue weighted by atomic mass is 35.5. The lowest BCUT2D eigenvalue weighted by atomic mass is 10.2. The standard InChI is InChI=1S/C15H15ClN4O2S2.ClH/c16-12-1-2-14(23-12)24(21,22)13-9-10-11(19-13)3-4-18-15(10)20-7-5-17-6-8-20;/h1-4,9,17,19H,5-8H2;1H. The van der Waals surface area contributed by atoms with E-state index in [0.29, 0.717) is 4.34 Å². The van der Waals surface area contributed by atoms with Crippen molar-refractivity contribution in [1.82, 2.24) is 15.3 Å². The summed E-state index contributed by atoms with van der Waals surface area (Å²) in [6.07, 6.45) is 1.70. The highest BCUT2D eigenvalue weighted by Crippen LogP contribution is 2.33. The van der Waals surface area contributed by atoms with Crippen molar-refractivity contribution in [2.24, 2.45) is 0 Å². The van der Waals surface area contributed by atoms with Gasteiger partial charge in [-0.1, -0.05) is 11.6 Å². The molecule has 0 saturated carbocycles. The maximum absolute atomic E-state index is 12.8. The minimum Gasteiger partial charge on any atom is -0.354 e. The molecule has 1 aliphatic rings. The zero-order valence-electron chi connectivity index (χ0n) is 13.0. The summed E-state index contributed by atoms with van der Waals surface area (Å²) in [5.41, 5.74) is 0.764. The largest absolute Gasteiger partial charge is 0.354 e. The summed E-state index contributed by atoms with van der Waals surface area (Å²) in [6, 6.07) is 6.59. The molecule has 0 bridgehead atoms. The third-order valence-electron chi connectivity index (χ3n) is 4.02. The molecule has 0 aliphatic carbocycles. The van der Waals surface area contributed by atoms with Gasteiger partial charge in [0, 0.05) is 37.8 Å². The van der Waals surface area contributed by atoms with Crippen LogP contribution in [-0.4, -0.2) is 44.6 Å². The second kappa shape index (κ2) is 7.13. The molecule has 0 radical (unpaired) electrons. The summed E-state index contributed by atoms with van der Waals surface area (Å²) in [7, 11) is -3.61. The van der Waals surface area contributed by atoms with Crippen LogP contribution < -0.4 is 10.2 Å². The third-order valence-corrected chi connectivity index (χ3v) is 7.42. The first kappa shape index (κ1) is 18.5. The number of aromatic nitrogens is 2. The Morgan fingerprint density at radius 3 is 2.64 bits per heavy atom. The summed E-state index contributed by atoms with van der Waals surface area (Å²) in [6.45, 7) is 3.47. The quantitative estimate of drug-likeness (QED) is 0.683. The number of anilines is 1. The van der Waals surface area contributed by atoms with E-state index in [2.05, 4.69) is 20.2 Å². The molecule has 25 heavy (non-hydrogen) atoms. The maximum Gasteiger partial charge on any atom is 0.231 e. The first-order valence-corrected chi connectivity index (χ1v) is 10.2. The number of aromatic amines is 1. The monoisotopic (exact) mass is 418 g/mol. The highest BCUT2D eigenvalue weighted by molar-refractivity contribution is 7.93. The van der Waals surface area contributed by atoms with Gasteiger partial charge in [0.2, 0.25) is 9.84 Å². The molecule has 3 aromatic rings. The van der Waals surface area contributed by atoms with Crippen molar-refractivity contribution < 1.29 is 8.42 Å². The van der Waals surface area contributed by atoms with Gasteiger partial charge in [0.1, 0.15) is 15.1 Å². The molecule has 4 rings (SSSR count). The van der Waals surface area contributed by atoms with E-state index in [1.807, 2.05) is 0 Å². The number of fused-ring (bicyclic) bond motifs is 1. The van der Waals surface area contributed by atoms with Crippen LogP contribution in [0.4, 0.5) is 5.82 Å². The Bertz CT molecular complexity index is 994. The molecule has 134 valence electrons. The molecule has 1 fully saturated rings. The molecule has 2 N–H and O–H groups in total. The number of piperazine rings is 1. The van der Waals surface area contributed by atoms with Gasteiger partial charge in [-0.05, 0) is 24.3 Å². The van der Waals surface area contributed by atoms with Crippen LogP contribution in [0.3, 0.4) is 0 Å². The maximum atomic E-state index is 12.8. The lowest BCUT2D eigenvalue weighted by molar-refractivity contribution is 0.586. The van der Waals surface area contributed by atoms with Crippen molar-refractivity contribution >= 4 is 61.9 Å². The van der Waals surface area contributed by atoms with Crippen LogP contribution >= 0.6 is 35.3 Å². The Labute approximate surface area is 160 Å². The number of nitrogens with zero attached hydrogens (tertiary/aromatic N) is 2. The summed E-state index contributed by atoms with van der Waals surface area (Å²) in [5, 5.41) is 4.29. The van der Waals surface area contributed by atoms with Gasteiger partial charge in [-0.25, -0.2) is 13.4 Å². The molecule has 0 atom stereocenters. The van der Waals surface area contributed by atoms with Gasteiger partial charge in [0.05, 0.1) is 9.85 Å². The fourth-order valence-corrected chi connectivity index (χ4v) is 5.71. The third kappa shape index (κ3) is 3.37. The van der Waals surface area contributed by atoms with Crippen LogP contribution in [0.2, 0.25) is 4.34 Å². The number of thiophene rings is 1. The average Bonchev–Trinajstić information content (AvgIpc) is 3.22. The smallest absolute Gasteiger partial charge is 0.231 e. The Morgan fingerprint density at radius 2 is 1.96 bits per heavy atom. The predicted molar refractivity (Wildman–Crippen MR) is 103 cm³/mol. The fraction of sp³-hybridized carbons (Fsp3) is 0.267. The number of sulfone groups is 1. The minimum atomic E-state index is -3.61. The Hall–Kier alpha value is -1.32. The predicted octanol–water partition coefficient (Wildman–Crippen LogP) is 2.94. The van der Waals surface area contributed by atoms with Crippen molar-refractivity contribution in [3.63, 3.8) is 0 Å². The summed E-state index contributed by atoms with van der Waals surface area (Å²) in [4.78, 5) is 9.66. The van der Waals surface area contributed by atoms with E-state index in [1.54, 1.807) is 24.4 Å². The second-order valence-electron chi connectivity index (χ2n) is 5.53. The van der Waals surface area contributed by atoms with Gasteiger partial charge in [-0.3, -0.25) is 0 Å². The molecule has 1 aliphatic heterocycles. The van der Waals surface area contributed by atoms with Crippen LogP contribution in [0, 0.1) is 0 Å². The molecule has 0 unspecified atom stereocenters. The number of nitrogens with one attached hydrogen (secondary N) is 2. The van der Waals surface area contributed by atoms with Crippen LogP contribution in [0.1, 0.15) is 0 Å². The normalized spacial score (nSPS) is 15.3. The van der Waals surface area contributed by atoms with Crippen molar-refractivity contribution in [2.75, 3.05) is 31.1 Å². The van der Waals surface area contributed by atoms with E-state index in [4.69, 9.17) is 11.6 Å². The van der Waals surface area contributed by atoms with E-state index in [1.165, 1.54) is 6.07 Å². The molecular formula is C15H16Cl2N4O2S2. The number of hydrogen-bond acceptors (Lipinski definition) is 6. The molecule has 6 nitrogen and oxygen atoms in total. The molecule has 1 saturated heterocycles. The van der Waals surface area contributed by atoms with Gasteiger partial charge in [0.15, 0.2) is 0 Å². The fourth-order valence-electron chi connectivity index (χ4n) is 2.84. The first-order chi connectivity index (χ1) is 11.6. The SMILES string of the molecule is Cl.O=S(=O)(c1cc2c(N3CCNCC3)nccc2[nH]1)c1ccc(Cl)s1. The number of rotatable bonds is 3. The van der Waals surface area contributed by atoms with Gasteiger partial charge < -0.3 is 15.2 Å². The zero-order valence-corrected chi connectivity index (χ0v) is 16.2. The van der Waals surface area contributed by atoms with Crippen LogP contribution in [-0.2, 0) is 9.84 Å².